The Bertz CT molecular complexity index is 193. The lowest BCUT2D eigenvalue weighted by Gasteiger charge is -2.27. The molecule has 0 bridgehead atoms. The van der Waals surface area contributed by atoms with Gasteiger partial charge in [0.05, 0.1) is 0 Å². The summed E-state index contributed by atoms with van der Waals surface area (Å²) >= 11 is 0. The Hall–Kier alpha value is -0.0800. The van der Waals surface area contributed by atoms with E-state index in [0.29, 0.717) is 0 Å². The zero-order valence-corrected chi connectivity index (χ0v) is 10.5. The minimum Gasteiger partial charge on any atom is -0.381 e. The van der Waals surface area contributed by atoms with E-state index in [4.69, 9.17) is 9.47 Å². The number of epoxide rings is 1. The van der Waals surface area contributed by atoms with Crippen molar-refractivity contribution in [1.29, 1.82) is 0 Å². The van der Waals surface area contributed by atoms with Crippen molar-refractivity contribution in [1.82, 2.24) is 0 Å². The van der Waals surface area contributed by atoms with Gasteiger partial charge in [-0.05, 0) is 38.0 Å². The maximum absolute atomic E-state index is 5.66. The average Bonchev–Trinajstić information content (AvgIpc) is 3.11. The fourth-order valence-electron chi connectivity index (χ4n) is 2.88. The largest absolute Gasteiger partial charge is 0.381 e. The molecular weight excluding hydrogens is 200 g/mol. The maximum atomic E-state index is 5.66. The number of ether oxygens (including phenoxy) is 2. The first-order valence-corrected chi connectivity index (χ1v) is 6.97. The zero-order chi connectivity index (χ0) is 11.3. The molecule has 1 aliphatic heterocycles. The van der Waals surface area contributed by atoms with Crippen LogP contribution in [0, 0.1) is 12.5 Å². The van der Waals surface area contributed by atoms with Gasteiger partial charge in [-0.3, -0.25) is 0 Å². The van der Waals surface area contributed by atoms with Gasteiger partial charge in [0.2, 0.25) is 0 Å². The van der Waals surface area contributed by atoms with Crippen molar-refractivity contribution < 1.29 is 9.47 Å². The fourth-order valence-corrected chi connectivity index (χ4v) is 2.88. The summed E-state index contributed by atoms with van der Waals surface area (Å²) in [5, 5.41) is 0. The molecule has 1 saturated carbocycles. The monoisotopic (exact) mass is 225 g/mol. The van der Waals surface area contributed by atoms with E-state index in [-0.39, 0.29) is 5.60 Å². The molecule has 0 spiro atoms. The Morgan fingerprint density at radius 1 is 1.25 bits per heavy atom. The topological polar surface area (TPSA) is 21.8 Å². The molecule has 0 amide bonds. The molecule has 1 unspecified atom stereocenters. The Labute approximate surface area is 99.7 Å². The molecule has 16 heavy (non-hydrogen) atoms. The highest BCUT2D eigenvalue weighted by molar-refractivity contribution is 5.07. The highest BCUT2D eigenvalue weighted by Gasteiger charge is 2.51. The molecule has 1 aliphatic carbocycles. The van der Waals surface area contributed by atoms with Crippen molar-refractivity contribution in [3.63, 3.8) is 0 Å². The van der Waals surface area contributed by atoms with Crippen molar-refractivity contribution >= 4 is 0 Å². The standard InChI is InChI=1S/C14H25O2/c1-2-10-15-11-6-9-14(12-16-14)13-7-4-3-5-8-13/h12-13H,2-11H2,1H3. The van der Waals surface area contributed by atoms with Crippen LogP contribution in [0.2, 0.25) is 0 Å². The first-order valence-electron chi connectivity index (χ1n) is 6.97. The van der Waals surface area contributed by atoms with Gasteiger partial charge in [0, 0.05) is 13.2 Å². The van der Waals surface area contributed by atoms with Gasteiger partial charge in [-0.1, -0.05) is 26.2 Å². The SMILES string of the molecule is CCCOCCCC1(C2CCCCC2)[CH]O1. The molecule has 0 aromatic heterocycles. The van der Waals surface area contributed by atoms with Gasteiger partial charge >= 0.3 is 0 Å². The van der Waals surface area contributed by atoms with Crippen LogP contribution in [0.25, 0.3) is 0 Å². The van der Waals surface area contributed by atoms with E-state index < -0.39 is 0 Å². The van der Waals surface area contributed by atoms with Crippen molar-refractivity contribution in [3.8, 4) is 0 Å². The molecule has 2 nitrogen and oxygen atoms in total. The highest BCUT2D eigenvalue weighted by atomic mass is 16.6. The predicted molar refractivity (Wildman–Crippen MR) is 65.0 cm³/mol. The van der Waals surface area contributed by atoms with Gasteiger partial charge in [-0.25, -0.2) is 0 Å². The summed E-state index contributed by atoms with van der Waals surface area (Å²) in [4.78, 5) is 0. The molecule has 1 atom stereocenters. The summed E-state index contributed by atoms with van der Waals surface area (Å²) in [6, 6.07) is 0. The summed E-state index contributed by atoms with van der Waals surface area (Å²) in [5.41, 5.74) is 0.163. The van der Waals surface area contributed by atoms with Crippen LogP contribution < -0.4 is 0 Å². The molecule has 93 valence electrons. The zero-order valence-electron chi connectivity index (χ0n) is 10.5. The van der Waals surface area contributed by atoms with E-state index in [0.717, 1.165) is 32.0 Å². The van der Waals surface area contributed by atoms with E-state index in [1.807, 2.05) is 0 Å². The average molecular weight is 225 g/mol. The maximum Gasteiger partial charge on any atom is 0.117 e. The lowest BCUT2D eigenvalue weighted by atomic mass is 9.78. The van der Waals surface area contributed by atoms with E-state index >= 15 is 0 Å². The molecule has 0 aromatic rings. The molecule has 2 fully saturated rings. The Morgan fingerprint density at radius 3 is 2.62 bits per heavy atom. The van der Waals surface area contributed by atoms with Crippen LogP contribution in [-0.4, -0.2) is 18.8 Å². The lowest BCUT2D eigenvalue weighted by Crippen LogP contribution is -2.26. The van der Waals surface area contributed by atoms with Crippen LogP contribution in [0.5, 0.6) is 0 Å². The number of rotatable bonds is 7. The van der Waals surface area contributed by atoms with Crippen LogP contribution in [0.1, 0.15) is 58.3 Å². The molecule has 1 saturated heterocycles. The van der Waals surface area contributed by atoms with Crippen molar-refractivity contribution in [2.45, 2.75) is 63.9 Å². The minimum absolute atomic E-state index is 0.163. The number of hydrogen-bond acceptors (Lipinski definition) is 2. The lowest BCUT2D eigenvalue weighted by molar-refractivity contribution is 0.109. The van der Waals surface area contributed by atoms with Crippen LogP contribution in [0.15, 0.2) is 0 Å². The van der Waals surface area contributed by atoms with Crippen molar-refractivity contribution in [2.75, 3.05) is 13.2 Å². The van der Waals surface area contributed by atoms with Gasteiger partial charge in [0.15, 0.2) is 0 Å². The summed E-state index contributed by atoms with van der Waals surface area (Å²) in [6.07, 6.45) is 10.4. The van der Waals surface area contributed by atoms with Crippen LogP contribution in [-0.2, 0) is 9.47 Å². The third-order valence-corrected chi connectivity index (χ3v) is 3.92. The second-order valence-electron chi connectivity index (χ2n) is 5.24. The van der Waals surface area contributed by atoms with E-state index in [1.165, 1.54) is 38.5 Å². The van der Waals surface area contributed by atoms with Gasteiger partial charge in [0.1, 0.15) is 12.2 Å². The van der Waals surface area contributed by atoms with Gasteiger partial charge < -0.3 is 9.47 Å². The highest BCUT2D eigenvalue weighted by Crippen LogP contribution is 2.49. The van der Waals surface area contributed by atoms with Crippen LogP contribution >= 0.6 is 0 Å². The molecular formula is C14H25O2. The van der Waals surface area contributed by atoms with Crippen molar-refractivity contribution in [2.24, 2.45) is 5.92 Å². The molecule has 2 heteroatoms. The number of hydrogen-bond donors (Lipinski definition) is 0. The third-order valence-electron chi connectivity index (χ3n) is 3.92. The summed E-state index contributed by atoms with van der Waals surface area (Å²) in [5.74, 6) is 0.799. The normalized spacial score (nSPS) is 30.6. The molecule has 2 aliphatic rings. The van der Waals surface area contributed by atoms with E-state index in [2.05, 4.69) is 13.5 Å². The summed E-state index contributed by atoms with van der Waals surface area (Å²) < 4.78 is 11.2. The molecule has 2 rings (SSSR count). The first kappa shape index (κ1) is 12.4. The summed E-state index contributed by atoms with van der Waals surface area (Å²) in [6.45, 7) is 6.05. The quantitative estimate of drug-likeness (QED) is 0.487. The van der Waals surface area contributed by atoms with Crippen LogP contribution in [0.4, 0.5) is 0 Å². The second-order valence-corrected chi connectivity index (χ2v) is 5.24. The molecule has 0 N–H and O–H groups in total. The third kappa shape index (κ3) is 3.21. The summed E-state index contributed by atoms with van der Waals surface area (Å²) in [7, 11) is 0. The second kappa shape index (κ2) is 6.02. The molecule has 1 heterocycles. The van der Waals surface area contributed by atoms with Gasteiger partial charge in [-0.15, -0.1) is 0 Å². The minimum atomic E-state index is 0.163. The Morgan fingerprint density at radius 2 is 2.00 bits per heavy atom. The molecule has 0 aromatic carbocycles. The van der Waals surface area contributed by atoms with Gasteiger partial charge in [-0.2, -0.15) is 0 Å². The molecule has 1 radical (unpaired) electrons. The van der Waals surface area contributed by atoms with Gasteiger partial charge in [0.25, 0.3) is 0 Å². The van der Waals surface area contributed by atoms with Crippen LogP contribution in [0.3, 0.4) is 0 Å². The smallest absolute Gasteiger partial charge is 0.117 e. The fraction of sp³-hybridized carbons (Fsp3) is 0.929. The van der Waals surface area contributed by atoms with E-state index in [1.54, 1.807) is 0 Å². The predicted octanol–water partition coefficient (Wildman–Crippen LogP) is 3.70. The Balaban J connectivity index is 1.63. The first-order chi connectivity index (χ1) is 7.87. The van der Waals surface area contributed by atoms with Crippen molar-refractivity contribution in [3.05, 3.63) is 6.61 Å². The van der Waals surface area contributed by atoms with E-state index in [9.17, 15) is 0 Å². The Kier molecular flexibility index (Phi) is 4.66.